The molecule has 1 fully saturated rings. The monoisotopic (exact) mass is 586 g/mol. The second kappa shape index (κ2) is 15.0. The van der Waals surface area contributed by atoms with Gasteiger partial charge in [-0.05, 0) is 54.4 Å². The van der Waals surface area contributed by atoms with E-state index in [0.717, 1.165) is 59.7 Å². The summed E-state index contributed by atoms with van der Waals surface area (Å²) in [5.41, 5.74) is 5.39. The van der Waals surface area contributed by atoms with Crippen LogP contribution in [0, 0.1) is 0 Å². The van der Waals surface area contributed by atoms with Crippen LogP contribution in [-0.2, 0) is 27.3 Å². The summed E-state index contributed by atoms with van der Waals surface area (Å²) in [7, 11) is 5.43. The van der Waals surface area contributed by atoms with Crippen molar-refractivity contribution in [3.05, 3.63) is 95.1 Å². The highest BCUT2D eigenvalue weighted by Crippen LogP contribution is 2.34. The Morgan fingerprint density at radius 1 is 0.860 bits per heavy atom. The summed E-state index contributed by atoms with van der Waals surface area (Å²) < 4.78 is 28.5. The van der Waals surface area contributed by atoms with Crippen LogP contribution in [0.25, 0.3) is 5.57 Å². The number of hydrogen-bond donors (Lipinski definition) is 1. The zero-order chi connectivity index (χ0) is 30.0. The molecule has 2 aliphatic heterocycles. The highest BCUT2D eigenvalue weighted by atomic mass is 16.5. The van der Waals surface area contributed by atoms with Crippen LogP contribution in [0.2, 0.25) is 0 Å². The minimum atomic E-state index is -0.265. The topological polar surface area (TPSA) is 78.5 Å². The third-order valence-corrected chi connectivity index (χ3v) is 7.99. The fraction of sp³-hybridized carbons (Fsp3) is 0.400. The van der Waals surface area contributed by atoms with E-state index in [0.29, 0.717) is 31.6 Å². The quantitative estimate of drug-likeness (QED) is 0.211. The van der Waals surface area contributed by atoms with Gasteiger partial charge in [-0.3, -0.25) is 4.79 Å². The normalized spacial score (nSPS) is 18.3. The number of esters is 1. The van der Waals surface area contributed by atoms with Gasteiger partial charge in [-0.1, -0.05) is 48.5 Å². The van der Waals surface area contributed by atoms with Gasteiger partial charge in [0.2, 0.25) is 0 Å². The maximum absolute atomic E-state index is 12.9. The van der Waals surface area contributed by atoms with E-state index in [2.05, 4.69) is 29.4 Å². The molecule has 8 heteroatoms. The van der Waals surface area contributed by atoms with Crippen molar-refractivity contribution in [1.29, 1.82) is 0 Å². The van der Waals surface area contributed by atoms with E-state index in [1.165, 1.54) is 5.57 Å². The molecular weight excluding hydrogens is 544 g/mol. The van der Waals surface area contributed by atoms with E-state index in [1.807, 2.05) is 60.7 Å². The van der Waals surface area contributed by atoms with Crippen molar-refractivity contribution in [3.8, 4) is 17.2 Å². The zero-order valence-electron chi connectivity index (χ0n) is 25.3. The molecule has 0 aliphatic carbocycles. The van der Waals surface area contributed by atoms with Crippen LogP contribution in [0.4, 0.5) is 0 Å². The number of rotatable bonds is 14. The van der Waals surface area contributed by atoms with Crippen LogP contribution in [0.1, 0.15) is 29.5 Å². The highest BCUT2D eigenvalue weighted by molar-refractivity contribution is 5.76. The third-order valence-electron chi connectivity index (χ3n) is 7.99. The molecule has 1 N–H and O–H groups in total. The molecule has 0 amide bonds. The molecule has 228 valence electrons. The molecule has 2 bridgehead atoms. The van der Waals surface area contributed by atoms with Crippen molar-refractivity contribution in [2.45, 2.75) is 38.0 Å². The van der Waals surface area contributed by atoms with Crippen LogP contribution in [-0.4, -0.2) is 77.1 Å². The van der Waals surface area contributed by atoms with Crippen LogP contribution in [0.3, 0.4) is 0 Å². The van der Waals surface area contributed by atoms with Crippen molar-refractivity contribution < 1.29 is 28.5 Å². The van der Waals surface area contributed by atoms with Crippen molar-refractivity contribution in [2.75, 3.05) is 54.2 Å². The Bertz CT molecular complexity index is 1390. The van der Waals surface area contributed by atoms with Gasteiger partial charge in [-0.2, -0.15) is 0 Å². The molecule has 8 nitrogen and oxygen atoms in total. The van der Waals surface area contributed by atoms with Gasteiger partial charge >= 0.3 is 5.97 Å². The number of carbonyl (C=O) groups excluding carboxylic acids is 1. The number of nitrogens with zero attached hydrogens (tertiary/aromatic N) is 1. The number of para-hydroxylation sites is 2. The van der Waals surface area contributed by atoms with Crippen molar-refractivity contribution in [3.63, 3.8) is 0 Å². The summed E-state index contributed by atoms with van der Waals surface area (Å²) in [6.45, 7) is 3.81. The number of ether oxygens (including phenoxy) is 5. The van der Waals surface area contributed by atoms with Gasteiger partial charge in [-0.25, -0.2) is 0 Å². The predicted molar refractivity (Wildman–Crippen MR) is 167 cm³/mol. The summed E-state index contributed by atoms with van der Waals surface area (Å²) in [5, 5.41) is 3.74. The summed E-state index contributed by atoms with van der Waals surface area (Å²) in [6, 6.07) is 24.2. The number of piperazine rings is 1. The predicted octanol–water partition coefficient (Wildman–Crippen LogP) is 4.90. The number of benzene rings is 3. The molecule has 0 saturated carbocycles. The van der Waals surface area contributed by atoms with Gasteiger partial charge in [0.25, 0.3) is 0 Å². The summed E-state index contributed by atoms with van der Waals surface area (Å²) in [5.74, 6) is 2.09. The Kier molecular flexibility index (Phi) is 10.7. The van der Waals surface area contributed by atoms with E-state index in [-0.39, 0.29) is 25.0 Å². The van der Waals surface area contributed by atoms with Gasteiger partial charge in [0, 0.05) is 42.7 Å². The smallest absolute Gasteiger partial charge is 0.310 e. The number of likely N-dealkylation sites (N-methyl/N-ethyl adjacent to an activating group) is 1. The molecule has 0 spiro atoms. The van der Waals surface area contributed by atoms with E-state index in [9.17, 15) is 4.79 Å². The first kappa shape index (κ1) is 30.6. The lowest BCUT2D eigenvalue weighted by molar-refractivity contribution is -0.142. The van der Waals surface area contributed by atoms with Crippen molar-refractivity contribution in [1.82, 2.24) is 10.2 Å². The van der Waals surface area contributed by atoms with Crippen molar-refractivity contribution >= 4 is 11.5 Å². The maximum atomic E-state index is 12.9. The summed E-state index contributed by atoms with van der Waals surface area (Å²) >= 11 is 0. The minimum Gasteiger partial charge on any atom is -0.496 e. The van der Waals surface area contributed by atoms with Crippen LogP contribution in [0.5, 0.6) is 17.2 Å². The van der Waals surface area contributed by atoms with Crippen LogP contribution >= 0.6 is 0 Å². The lowest BCUT2D eigenvalue weighted by Gasteiger charge is -2.43. The molecule has 1 saturated heterocycles. The largest absolute Gasteiger partial charge is 0.496 e. The number of methoxy groups -OCH3 is 2. The maximum Gasteiger partial charge on any atom is 0.310 e. The fourth-order valence-corrected chi connectivity index (χ4v) is 5.89. The summed E-state index contributed by atoms with van der Waals surface area (Å²) in [4.78, 5) is 15.2. The number of carbonyl (C=O) groups is 1. The third kappa shape index (κ3) is 8.16. The molecule has 0 aromatic heterocycles. The molecule has 2 heterocycles. The first-order valence-electron chi connectivity index (χ1n) is 14.9. The molecule has 3 aromatic carbocycles. The second-order valence-electron chi connectivity index (χ2n) is 11.1. The van der Waals surface area contributed by atoms with Gasteiger partial charge < -0.3 is 33.9 Å². The Hall–Kier alpha value is -3.85. The highest BCUT2D eigenvalue weighted by Gasteiger charge is 2.34. The van der Waals surface area contributed by atoms with E-state index in [4.69, 9.17) is 23.7 Å². The molecule has 3 aromatic rings. The summed E-state index contributed by atoms with van der Waals surface area (Å²) in [6.07, 6.45) is 1.84. The van der Waals surface area contributed by atoms with Gasteiger partial charge in [0.1, 0.15) is 23.9 Å². The number of nitrogens with one attached hydrogen (secondary N) is 1. The van der Waals surface area contributed by atoms with Crippen molar-refractivity contribution in [2.24, 2.45) is 0 Å². The van der Waals surface area contributed by atoms with E-state index in [1.54, 1.807) is 14.2 Å². The molecule has 5 rings (SSSR count). The Balaban J connectivity index is 1.17. The molecule has 2 atom stereocenters. The first-order chi connectivity index (χ1) is 21.0. The van der Waals surface area contributed by atoms with Gasteiger partial charge in [0.15, 0.2) is 0 Å². The fourth-order valence-electron chi connectivity index (χ4n) is 5.89. The second-order valence-corrected chi connectivity index (χ2v) is 11.1. The van der Waals surface area contributed by atoms with Crippen LogP contribution < -0.4 is 19.5 Å². The number of fused-ring (bicyclic) bond motifs is 2. The van der Waals surface area contributed by atoms with Crippen LogP contribution in [0.15, 0.2) is 78.4 Å². The average molecular weight is 587 g/mol. The average Bonchev–Trinajstić information content (AvgIpc) is 3.02. The Labute approximate surface area is 254 Å². The molecule has 0 unspecified atom stereocenters. The Morgan fingerprint density at radius 2 is 1.56 bits per heavy atom. The molecular formula is C35H42N2O6. The minimum absolute atomic E-state index is 0.137. The first-order valence-corrected chi connectivity index (χ1v) is 14.9. The molecule has 2 aliphatic rings. The molecule has 0 radical (unpaired) electrons. The van der Waals surface area contributed by atoms with Gasteiger partial charge in [0.05, 0.1) is 40.5 Å². The Morgan fingerprint density at radius 3 is 2.30 bits per heavy atom. The SMILES string of the molecule is COc1ccccc1COCCCOc1ccc(C2=C(COC(=O)Cc3ccccc3OC)[C@H]3CN(C)C[C@@H](C2)N3)cc1. The van der Waals surface area contributed by atoms with Gasteiger partial charge in [-0.15, -0.1) is 0 Å². The zero-order valence-corrected chi connectivity index (χ0v) is 25.3. The number of hydrogen-bond acceptors (Lipinski definition) is 8. The molecule has 43 heavy (non-hydrogen) atoms. The van der Waals surface area contributed by atoms with E-state index >= 15 is 0 Å². The van der Waals surface area contributed by atoms with E-state index < -0.39 is 0 Å². The lowest BCUT2D eigenvalue weighted by Crippen LogP contribution is -2.58. The standard InChI is InChI=1S/C35H42N2O6/c1-37-21-28-20-30(31(32(22-37)36-28)24-43-35(38)19-26-9-4-6-11-33(26)39-2)25-13-15-29(16-14-25)42-18-8-17-41-23-27-10-5-7-12-34(27)40-3/h4-7,9-16,28,32,36H,8,17-24H2,1-3H3/t28-,32-/m1/s1. The lowest BCUT2D eigenvalue weighted by atomic mass is 9.84.